The lowest BCUT2D eigenvalue weighted by atomic mass is 9.83. The summed E-state index contributed by atoms with van der Waals surface area (Å²) >= 11 is 4.10. The van der Waals surface area contributed by atoms with Gasteiger partial charge in [-0.2, -0.15) is 12.7 Å². The van der Waals surface area contributed by atoms with Crippen molar-refractivity contribution in [2.24, 2.45) is 0 Å². The Morgan fingerprint density at radius 1 is 0.940 bits per heavy atom. The van der Waals surface area contributed by atoms with Crippen LogP contribution in [0.3, 0.4) is 0 Å². The van der Waals surface area contributed by atoms with E-state index in [-0.39, 0.29) is 47.3 Å². The average molecular weight is 1260 g/mol. The highest BCUT2D eigenvalue weighted by atomic mass is 32.5. The molecule has 2 aromatic carbocycles. The summed E-state index contributed by atoms with van der Waals surface area (Å²) < 4.78 is 93.5. The number of phosphoric acid groups is 2. The number of aliphatic hydroxyl groups is 1. The second-order valence-corrected chi connectivity index (χ2v) is 27.3. The van der Waals surface area contributed by atoms with Crippen molar-refractivity contribution in [2.45, 2.75) is 95.2 Å². The molecule has 0 saturated carbocycles. The van der Waals surface area contributed by atoms with Crippen LogP contribution in [0.1, 0.15) is 76.3 Å². The number of carbonyl (C=O) groups is 2. The first-order chi connectivity index (χ1) is 39.6. The van der Waals surface area contributed by atoms with Gasteiger partial charge in [0.2, 0.25) is 11.3 Å². The molecule has 0 bridgehead atoms. The van der Waals surface area contributed by atoms with Crippen molar-refractivity contribution >= 4 is 85.0 Å². The number of anilines is 2. The molecule has 32 heteroatoms. The number of fused-ring (bicyclic) bond motifs is 3. The number of nitrogen functional groups attached to an aromatic ring is 1. The van der Waals surface area contributed by atoms with Crippen molar-refractivity contribution in [1.29, 1.82) is 0 Å². The van der Waals surface area contributed by atoms with Crippen molar-refractivity contribution < 1.29 is 83.4 Å². The summed E-state index contributed by atoms with van der Waals surface area (Å²) in [5.41, 5.74) is 11.6. The Labute approximate surface area is 488 Å². The standard InChI is InChI=1S/C52H64N9O18P3S2/c1-6-59(7-2)34-20-22-37-36(32(3)46(75-40(37)27-34)33-15-10-8-11-16-33)17-14-18-42-52(4,5)38-28-35(84(71,72)73)21-23-39(38)60(42)26-13-9-12-19-43(62)54-24-25-55-51(64)77-47-45(63)41(29-74-80(65,66)78-81(67,68)79-82(69,70)83)76-50(47)61-31-58-44-48(53)56-30-57-49(44)61/h8,10-11,14-18,20-23,27-28,30-31,41,45,47,50,63H,6-7,9,12-13,19,24-26,29H2,1-5H3,(H8-,53,54,55,56,57,62,64,65,66,67,68,69,70,71,72,73,83)/p+1/t41-,45-,47-,50-/m1/s1. The summed E-state index contributed by atoms with van der Waals surface area (Å²) in [6.07, 6.45) is 2.66. The van der Waals surface area contributed by atoms with Gasteiger partial charge in [0, 0.05) is 65.6 Å². The largest absolute Gasteiger partial charge is 0.488 e. The van der Waals surface area contributed by atoms with Gasteiger partial charge in [-0.3, -0.25) is 18.4 Å². The number of nitrogens with zero attached hydrogens (tertiary/aromatic N) is 6. The molecule has 27 nitrogen and oxygen atoms in total. The molecule has 4 aromatic rings. The van der Waals surface area contributed by atoms with Crippen molar-refractivity contribution in [3.8, 4) is 22.6 Å². The van der Waals surface area contributed by atoms with Crippen LogP contribution in [0.4, 0.5) is 16.3 Å². The Kier molecular flexibility index (Phi) is 20.0. The van der Waals surface area contributed by atoms with E-state index in [9.17, 15) is 56.4 Å². The normalized spacial score (nSPS) is 19.8. The number of nitrogens with two attached hydrogens (primary N) is 1. The van der Waals surface area contributed by atoms with Gasteiger partial charge in [-0.1, -0.05) is 62.8 Å². The van der Waals surface area contributed by atoms with Crippen molar-refractivity contribution in [3.05, 3.63) is 119 Å². The number of allylic oxidation sites excluding steroid dienone is 3. The third kappa shape index (κ3) is 15.1. The molecule has 0 radical (unpaired) electrons. The van der Waals surface area contributed by atoms with Gasteiger partial charge in [0.1, 0.15) is 48.7 Å². The molecular weight excluding hydrogens is 1200 g/mol. The predicted octanol–water partition coefficient (Wildman–Crippen LogP) is 6.02. The molecule has 4 aliphatic rings. The summed E-state index contributed by atoms with van der Waals surface area (Å²) in [6.45, 7) is 6.35. The molecule has 1 saturated heterocycles. The number of ether oxygens (including phenoxy) is 2. The number of amides is 2. The Morgan fingerprint density at radius 3 is 2.37 bits per heavy atom. The number of unbranched alkanes of at least 4 members (excludes halogenated alkanes) is 2. The molecule has 0 spiro atoms. The predicted molar refractivity (Wildman–Crippen MR) is 311 cm³/mol. The van der Waals surface area contributed by atoms with E-state index in [4.69, 9.17) is 24.1 Å². The van der Waals surface area contributed by atoms with Gasteiger partial charge in [0.25, 0.3) is 10.1 Å². The molecule has 8 rings (SSSR count). The number of hydrogen-bond acceptors (Lipinski definition) is 19. The lowest BCUT2D eigenvalue weighted by Gasteiger charge is -2.27. The molecule has 3 aliphatic heterocycles. The van der Waals surface area contributed by atoms with Crippen LogP contribution in [-0.4, -0.2) is 127 Å². The second kappa shape index (κ2) is 26.3. The maximum absolute atomic E-state index is 13.2. The smallest absolute Gasteiger partial charge is 0.456 e. The van der Waals surface area contributed by atoms with E-state index >= 15 is 0 Å². The van der Waals surface area contributed by atoms with Gasteiger partial charge in [-0.15, -0.1) is 0 Å². The third-order valence-electron chi connectivity index (χ3n) is 14.1. The topological polar surface area (TPSA) is 383 Å². The molecule has 2 aromatic heterocycles. The van der Waals surface area contributed by atoms with Crippen LogP contribution in [-0.2, 0) is 63.9 Å². The number of nitrogens with one attached hydrogen (secondary N) is 2. The number of carbonyl (C=O) groups excluding carboxylic acids is 2. The highest BCUT2D eigenvalue weighted by Gasteiger charge is 2.50. The van der Waals surface area contributed by atoms with Gasteiger partial charge in [-0.25, -0.2) is 37.8 Å². The molecular formula is C52H65N9O18P3S2+. The fourth-order valence-corrected chi connectivity index (χ4v) is 14.4. The van der Waals surface area contributed by atoms with E-state index in [1.807, 2.05) is 63.3 Å². The molecule has 452 valence electrons. The summed E-state index contributed by atoms with van der Waals surface area (Å²) in [5, 5.41) is 17.5. The SMILES string of the molecule is CC[N+](CC)=c1ccc2c(/C=C/C=C3/N(CCCCCC(=O)NCCNC(=O)O[C@@H]4[C@H](O)[C@@H](COP(=O)(O)OP(=O)(O)OP(O)(O)=S)O[C@H]4n4cnc5c(N)ncnc54)c4ccc(S(=O)(=O)O)cc4C3(C)C)c(C)c(-c3ccccc3)oc-2c1. The van der Waals surface area contributed by atoms with Crippen molar-refractivity contribution in [2.75, 3.05) is 50.0 Å². The monoisotopic (exact) mass is 1260 g/mol. The van der Waals surface area contributed by atoms with E-state index in [0.717, 1.165) is 69.9 Å². The number of aromatic nitrogens is 4. The van der Waals surface area contributed by atoms with Gasteiger partial charge in [0.15, 0.2) is 23.8 Å². The molecule has 84 heavy (non-hydrogen) atoms. The zero-order chi connectivity index (χ0) is 60.9. The number of rotatable bonds is 24. The Balaban J connectivity index is 0.889. The molecule has 10 N–H and O–H groups in total. The van der Waals surface area contributed by atoms with Gasteiger partial charge < -0.3 is 59.8 Å². The lowest BCUT2D eigenvalue weighted by molar-refractivity contribution is -0.121. The number of alkyl carbamates (subject to hydrolysis) is 1. The van der Waals surface area contributed by atoms with E-state index in [1.165, 1.54) is 23.0 Å². The molecule has 2 unspecified atom stereocenters. The summed E-state index contributed by atoms with van der Waals surface area (Å²) in [7, 11) is -15.8. The van der Waals surface area contributed by atoms with Crippen LogP contribution in [0.15, 0.2) is 107 Å². The van der Waals surface area contributed by atoms with Gasteiger partial charge >= 0.3 is 28.5 Å². The van der Waals surface area contributed by atoms with E-state index in [1.54, 1.807) is 6.07 Å². The minimum Gasteiger partial charge on any atom is -0.456 e. The molecule has 5 heterocycles. The van der Waals surface area contributed by atoms with Crippen LogP contribution >= 0.6 is 22.4 Å². The Bertz CT molecular complexity index is 3800. The zero-order valence-electron chi connectivity index (χ0n) is 46.1. The number of imidazole rings is 1. The van der Waals surface area contributed by atoms with Crippen LogP contribution in [0.5, 0.6) is 0 Å². The van der Waals surface area contributed by atoms with Gasteiger partial charge in [0.05, 0.1) is 23.9 Å². The lowest BCUT2D eigenvalue weighted by Crippen LogP contribution is -2.41. The summed E-state index contributed by atoms with van der Waals surface area (Å²) in [5.74, 6) is 1.14. The average Bonchev–Trinajstić information content (AvgIpc) is 1.93. The Morgan fingerprint density at radius 2 is 1.67 bits per heavy atom. The highest BCUT2D eigenvalue weighted by Crippen LogP contribution is 2.66. The first kappa shape index (κ1) is 63.9. The Hall–Kier alpha value is -6.10. The molecule has 1 fully saturated rings. The first-order valence-electron chi connectivity index (χ1n) is 26.4. The third-order valence-corrected chi connectivity index (χ3v) is 19.3. The fraction of sp³-hybridized carbons (Fsp3) is 0.385. The maximum Gasteiger partial charge on any atom is 0.488 e. The maximum atomic E-state index is 13.2. The minimum absolute atomic E-state index is 0.0297. The van der Waals surface area contributed by atoms with Gasteiger partial charge in [-0.05, 0) is 86.9 Å². The van der Waals surface area contributed by atoms with Crippen LogP contribution in [0.2, 0.25) is 0 Å². The first-order valence-corrected chi connectivity index (χ1v) is 33.4. The van der Waals surface area contributed by atoms with E-state index < -0.39 is 75.1 Å². The molecule has 6 atom stereocenters. The van der Waals surface area contributed by atoms with Crippen LogP contribution in [0.25, 0.3) is 39.9 Å². The fourth-order valence-electron chi connectivity index (χ4n) is 10.1. The number of phosphoric ester groups is 1. The quantitative estimate of drug-likeness (QED) is 0.0145. The molecule has 1 aliphatic carbocycles. The number of hydrogen-bond donors (Lipinski definition) is 9. The summed E-state index contributed by atoms with van der Waals surface area (Å²) in [4.78, 5) is 78.4. The van der Waals surface area contributed by atoms with E-state index in [0.29, 0.717) is 31.4 Å². The highest BCUT2D eigenvalue weighted by molar-refractivity contribution is 8.08. The minimum atomic E-state index is -5.67. The number of benzene rings is 3. The van der Waals surface area contributed by atoms with E-state index in [2.05, 4.69) is 93.6 Å². The molecule has 2 amide bonds. The van der Waals surface area contributed by atoms with Crippen molar-refractivity contribution in [3.63, 3.8) is 0 Å². The van der Waals surface area contributed by atoms with Crippen molar-refractivity contribution in [1.82, 2.24) is 34.7 Å². The van der Waals surface area contributed by atoms with Crippen LogP contribution < -0.4 is 31.2 Å². The zero-order valence-corrected chi connectivity index (χ0v) is 50.4. The summed E-state index contributed by atoms with van der Waals surface area (Å²) in [6, 6.07) is 20.7. The second-order valence-electron chi connectivity index (χ2n) is 20.0. The number of aliphatic hydroxyl groups excluding tert-OH is 1. The van der Waals surface area contributed by atoms with Crippen LogP contribution in [0, 0.1) is 6.92 Å².